The molecule has 2 nitrogen and oxygen atoms in total. The zero-order valence-electron chi connectivity index (χ0n) is 26.3. The van der Waals surface area contributed by atoms with E-state index in [-0.39, 0.29) is 0 Å². The number of hydrogen-bond donors (Lipinski definition) is 0. The summed E-state index contributed by atoms with van der Waals surface area (Å²) in [4.78, 5) is 2.36. The second-order valence-electron chi connectivity index (χ2n) is 12.2. The smallest absolute Gasteiger partial charge is 0.143 e. The topological polar surface area (TPSA) is 16.4 Å². The third kappa shape index (κ3) is 4.92. The maximum Gasteiger partial charge on any atom is 0.143 e. The molecule has 9 rings (SSSR count). The highest BCUT2D eigenvalue weighted by Gasteiger charge is 2.20. The Morgan fingerprint density at radius 2 is 0.938 bits per heavy atom. The van der Waals surface area contributed by atoms with Crippen LogP contribution in [0.5, 0.6) is 0 Å². The third-order valence-corrected chi connectivity index (χ3v) is 9.22. The maximum atomic E-state index is 6.64. The molecule has 1 aromatic heterocycles. The number of furan rings is 1. The lowest BCUT2D eigenvalue weighted by Crippen LogP contribution is -2.10. The summed E-state index contributed by atoms with van der Waals surface area (Å²) in [6, 6.07) is 66.8. The average molecular weight is 614 g/mol. The van der Waals surface area contributed by atoms with Crippen molar-refractivity contribution in [1.82, 2.24) is 0 Å². The van der Waals surface area contributed by atoms with Gasteiger partial charge in [0, 0.05) is 33.6 Å². The van der Waals surface area contributed by atoms with Gasteiger partial charge in [-0.3, -0.25) is 0 Å². The van der Waals surface area contributed by atoms with Crippen LogP contribution in [0.1, 0.15) is 0 Å². The molecule has 0 saturated heterocycles. The van der Waals surface area contributed by atoms with Gasteiger partial charge in [-0.15, -0.1) is 0 Å². The highest BCUT2D eigenvalue weighted by molar-refractivity contribution is 6.02. The Labute approximate surface area is 279 Å². The molecule has 0 atom stereocenters. The number of nitrogens with zero attached hydrogens (tertiary/aromatic N) is 1. The number of fused-ring (bicyclic) bond motifs is 3. The molecule has 48 heavy (non-hydrogen) atoms. The molecule has 0 aliphatic heterocycles. The van der Waals surface area contributed by atoms with Crippen molar-refractivity contribution in [3.63, 3.8) is 0 Å². The summed E-state index contributed by atoms with van der Waals surface area (Å²) in [7, 11) is 0. The van der Waals surface area contributed by atoms with Gasteiger partial charge in [0.05, 0.1) is 0 Å². The normalized spacial score (nSPS) is 11.3. The first-order chi connectivity index (χ1) is 23.8. The van der Waals surface area contributed by atoms with E-state index in [0.29, 0.717) is 0 Å². The first-order valence-corrected chi connectivity index (χ1v) is 16.3. The molecule has 0 saturated carbocycles. The molecule has 0 radical (unpaired) electrons. The first-order valence-electron chi connectivity index (χ1n) is 16.3. The summed E-state index contributed by atoms with van der Waals surface area (Å²) in [5.74, 6) is 0.868. The van der Waals surface area contributed by atoms with Crippen LogP contribution in [0.15, 0.2) is 192 Å². The van der Waals surface area contributed by atoms with Crippen LogP contribution in [0.3, 0.4) is 0 Å². The van der Waals surface area contributed by atoms with Crippen LogP contribution < -0.4 is 4.90 Å². The molecule has 0 amide bonds. The Bertz CT molecular complexity index is 2570. The van der Waals surface area contributed by atoms with Gasteiger partial charge >= 0.3 is 0 Å². The van der Waals surface area contributed by atoms with Gasteiger partial charge in [-0.1, -0.05) is 146 Å². The molecular weight excluding hydrogens is 583 g/mol. The summed E-state index contributed by atoms with van der Waals surface area (Å²) in [6.07, 6.45) is 0. The van der Waals surface area contributed by atoms with Gasteiger partial charge in [0.15, 0.2) is 0 Å². The minimum atomic E-state index is 0.868. The Hall–Kier alpha value is -6.38. The van der Waals surface area contributed by atoms with Crippen molar-refractivity contribution in [3.05, 3.63) is 188 Å². The highest BCUT2D eigenvalue weighted by Crippen LogP contribution is 2.44. The number of hydrogen-bond acceptors (Lipinski definition) is 2. The van der Waals surface area contributed by atoms with Gasteiger partial charge in [0.1, 0.15) is 11.3 Å². The van der Waals surface area contributed by atoms with Crippen molar-refractivity contribution >= 4 is 49.6 Å². The number of benzene rings is 8. The van der Waals surface area contributed by atoms with E-state index in [4.69, 9.17) is 4.42 Å². The van der Waals surface area contributed by atoms with Crippen LogP contribution in [-0.4, -0.2) is 0 Å². The second-order valence-corrected chi connectivity index (χ2v) is 12.2. The van der Waals surface area contributed by atoms with Crippen LogP contribution in [0.4, 0.5) is 17.1 Å². The zero-order valence-corrected chi connectivity index (χ0v) is 26.3. The Morgan fingerprint density at radius 3 is 1.77 bits per heavy atom. The minimum absolute atomic E-state index is 0.868. The van der Waals surface area contributed by atoms with Gasteiger partial charge in [-0.2, -0.15) is 0 Å². The fourth-order valence-electron chi connectivity index (χ4n) is 6.98. The van der Waals surface area contributed by atoms with Crippen molar-refractivity contribution in [2.75, 3.05) is 4.90 Å². The van der Waals surface area contributed by atoms with Crippen LogP contribution in [0, 0.1) is 0 Å². The lowest BCUT2D eigenvalue weighted by molar-refractivity contribution is 0.632. The molecule has 2 heteroatoms. The van der Waals surface area contributed by atoms with Crippen LogP contribution in [0.2, 0.25) is 0 Å². The monoisotopic (exact) mass is 613 g/mol. The van der Waals surface area contributed by atoms with Crippen LogP contribution in [-0.2, 0) is 0 Å². The quantitative estimate of drug-likeness (QED) is 0.185. The molecule has 0 unspecified atom stereocenters. The summed E-state index contributed by atoms with van der Waals surface area (Å²) in [6.45, 7) is 0. The van der Waals surface area contributed by atoms with Crippen molar-refractivity contribution in [1.29, 1.82) is 0 Å². The minimum Gasteiger partial charge on any atom is -0.455 e. The fourth-order valence-corrected chi connectivity index (χ4v) is 6.98. The largest absolute Gasteiger partial charge is 0.455 e. The van der Waals surface area contributed by atoms with Crippen LogP contribution in [0.25, 0.3) is 66.1 Å². The van der Waals surface area contributed by atoms with Gasteiger partial charge < -0.3 is 9.32 Å². The van der Waals surface area contributed by atoms with Gasteiger partial charge in [0.25, 0.3) is 0 Å². The van der Waals surface area contributed by atoms with Gasteiger partial charge in [-0.25, -0.2) is 0 Å². The van der Waals surface area contributed by atoms with Crippen LogP contribution >= 0.6 is 0 Å². The van der Waals surface area contributed by atoms with E-state index in [1.165, 1.54) is 32.7 Å². The number of anilines is 3. The Kier molecular flexibility index (Phi) is 6.84. The lowest BCUT2D eigenvalue weighted by Gasteiger charge is -2.27. The van der Waals surface area contributed by atoms with E-state index in [9.17, 15) is 0 Å². The van der Waals surface area contributed by atoms with Crippen molar-refractivity contribution in [2.24, 2.45) is 0 Å². The van der Waals surface area contributed by atoms with Crippen molar-refractivity contribution in [2.45, 2.75) is 0 Å². The molecule has 226 valence electrons. The zero-order chi connectivity index (χ0) is 31.9. The summed E-state index contributed by atoms with van der Waals surface area (Å²) < 4.78 is 6.64. The van der Waals surface area contributed by atoms with E-state index >= 15 is 0 Å². The Balaban J connectivity index is 1.24. The predicted molar refractivity (Wildman–Crippen MR) is 202 cm³/mol. The molecule has 0 spiro atoms. The second kappa shape index (κ2) is 11.8. The SMILES string of the molecule is c1ccc(-c2c(-c3cccc(N(c4cccc(-c5cccc6ccccc56)c4)c4ccc5ccccc5c4)c3)oc3ccccc23)cc1. The summed E-state index contributed by atoms with van der Waals surface area (Å²) >= 11 is 0. The summed E-state index contributed by atoms with van der Waals surface area (Å²) in [5, 5.41) is 6.01. The molecule has 0 aliphatic carbocycles. The van der Waals surface area contributed by atoms with Crippen molar-refractivity contribution in [3.8, 4) is 33.6 Å². The van der Waals surface area contributed by atoms with E-state index in [1.807, 2.05) is 6.07 Å². The summed E-state index contributed by atoms with van der Waals surface area (Å²) in [5.41, 5.74) is 9.78. The van der Waals surface area contributed by atoms with Gasteiger partial charge in [-0.05, 0) is 80.7 Å². The Morgan fingerprint density at radius 1 is 0.354 bits per heavy atom. The number of rotatable bonds is 6. The molecule has 1 heterocycles. The first kappa shape index (κ1) is 27.9. The molecule has 0 aliphatic rings. The molecule has 9 aromatic rings. The molecule has 0 bridgehead atoms. The van der Waals surface area contributed by atoms with E-state index in [1.54, 1.807) is 0 Å². The van der Waals surface area contributed by atoms with E-state index < -0.39 is 0 Å². The molecule has 0 N–H and O–H groups in total. The standard InChI is InChI=1S/C46H31NO/c1-2-15-34(16-3-1)45-43-24-8-9-26-44(43)48-46(45)37-20-11-22-39(31-37)47(40-28-27-32-13-4-5-17-35(32)29-40)38-21-10-19-36(30-38)42-25-12-18-33-14-6-7-23-41(33)42/h1-31H. The third-order valence-electron chi connectivity index (χ3n) is 9.22. The fraction of sp³-hybridized carbons (Fsp3) is 0. The van der Waals surface area contributed by atoms with E-state index in [2.05, 4.69) is 187 Å². The predicted octanol–water partition coefficient (Wildman–Crippen LogP) is 13.2. The highest BCUT2D eigenvalue weighted by atomic mass is 16.3. The lowest BCUT2D eigenvalue weighted by atomic mass is 9.97. The molecule has 0 fully saturated rings. The van der Waals surface area contributed by atoms with Gasteiger partial charge in [0.2, 0.25) is 0 Å². The molecule has 8 aromatic carbocycles. The average Bonchev–Trinajstić information content (AvgIpc) is 3.55. The number of para-hydroxylation sites is 1. The molecular formula is C46H31NO. The van der Waals surface area contributed by atoms with E-state index in [0.717, 1.165) is 50.5 Å². The van der Waals surface area contributed by atoms with Crippen molar-refractivity contribution < 1.29 is 4.42 Å². The maximum absolute atomic E-state index is 6.64.